The van der Waals surface area contributed by atoms with Crippen molar-refractivity contribution in [1.82, 2.24) is 9.78 Å². The molecule has 0 atom stereocenters. The van der Waals surface area contributed by atoms with Crippen LogP contribution in [0.3, 0.4) is 0 Å². The highest BCUT2D eigenvalue weighted by atomic mass is 35.5. The first-order valence-corrected chi connectivity index (χ1v) is 6.53. The first kappa shape index (κ1) is 15.9. The zero-order valence-electron chi connectivity index (χ0n) is 10.8. The van der Waals surface area contributed by atoms with Gasteiger partial charge in [0.15, 0.2) is 0 Å². The van der Waals surface area contributed by atoms with E-state index in [0.29, 0.717) is 11.3 Å². The summed E-state index contributed by atoms with van der Waals surface area (Å²) < 4.78 is 39.3. The van der Waals surface area contributed by atoms with Crippen LogP contribution in [0.4, 0.5) is 19.0 Å². The number of hydrogen-bond donors (Lipinski definition) is 2. The van der Waals surface area contributed by atoms with Crippen molar-refractivity contribution < 1.29 is 13.2 Å². The number of nitrogens with two attached hydrogens (primary N) is 2. The van der Waals surface area contributed by atoms with Gasteiger partial charge in [0.1, 0.15) is 11.5 Å². The number of hydrogen-bond acceptors (Lipinski definition) is 3. The summed E-state index contributed by atoms with van der Waals surface area (Å²) in [6.07, 6.45) is -4.54. The number of benzene rings is 1. The van der Waals surface area contributed by atoms with Crippen LogP contribution in [0.1, 0.15) is 16.8 Å². The molecule has 4 N–H and O–H groups in total. The molecule has 0 bridgehead atoms. The number of rotatable bonds is 2. The monoisotopic (exact) mass is 338 g/mol. The predicted octanol–water partition coefficient (Wildman–Crippen LogP) is 3.55. The number of nitrogen functional groups attached to an aromatic ring is 1. The minimum absolute atomic E-state index is 0.0895. The fourth-order valence-electron chi connectivity index (χ4n) is 1.85. The van der Waals surface area contributed by atoms with E-state index >= 15 is 0 Å². The molecule has 0 saturated heterocycles. The van der Waals surface area contributed by atoms with Gasteiger partial charge in [-0.3, -0.25) is 0 Å². The van der Waals surface area contributed by atoms with Crippen molar-refractivity contribution in [1.29, 1.82) is 0 Å². The largest absolute Gasteiger partial charge is 0.416 e. The Hall–Kier alpha value is -1.44. The standard InChI is InChI=1S/C12H11Cl2F3N4/c1-5-9(4-18)20-21(11(5)19)10-7(13)2-6(3-8(10)14)12(15,16)17/h2-3H,4,18-19H2,1H3. The molecule has 0 radical (unpaired) electrons. The van der Waals surface area contributed by atoms with Crippen molar-refractivity contribution in [3.05, 3.63) is 39.0 Å². The summed E-state index contributed by atoms with van der Waals surface area (Å²) in [5.41, 5.74) is 11.7. The number of nitrogens with zero attached hydrogens (tertiary/aromatic N) is 2. The van der Waals surface area contributed by atoms with Crippen molar-refractivity contribution in [3.8, 4) is 5.69 Å². The highest BCUT2D eigenvalue weighted by Crippen LogP contribution is 2.38. The maximum absolute atomic E-state index is 12.7. The van der Waals surface area contributed by atoms with Gasteiger partial charge in [-0.05, 0) is 19.1 Å². The Morgan fingerprint density at radius 2 is 1.76 bits per heavy atom. The second-order valence-corrected chi connectivity index (χ2v) is 5.17. The van der Waals surface area contributed by atoms with Crippen LogP contribution in [-0.4, -0.2) is 9.78 Å². The minimum Gasteiger partial charge on any atom is -0.383 e. The molecule has 0 aliphatic rings. The van der Waals surface area contributed by atoms with Crippen LogP contribution < -0.4 is 11.5 Å². The van der Waals surface area contributed by atoms with Crippen molar-refractivity contribution in [2.45, 2.75) is 19.6 Å². The molecule has 4 nitrogen and oxygen atoms in total. The molecule has 0 aliphatic carbocycles. The summed E-state index contributed by atoms with van der Waals surface area (Å²) in [6.45, 7) is 1.84. The molecular weight excluding hydrogens is 328 g/mol. The Bertz CT molecular complexity index is 672. The third kappa shape index (κ3) is 2.81. The van der Waals surface area contributed by atoms with E-state index in [0.717, 1.165) is 12.1 Å². The molecule has 1 aromatic carbocycles. The van der Waals surface area contributed by atoms with Crippen LogP contribution in [-0.2, 0) is 12.7 Å². The Morgan fingerprint density at radius 3 is 2.14 bits per heavy atom. The molecule has 0 fully saturated rings. The van der Waals surface area contributed by atoms with Crippen LogP contribution in [0, 0.1) is 6.92 Å². The number of alkyl halides is 3. The zero-order valence-corrected chi connectivity index (χ0v) is 12.3. The Balaban J connectivity index is 2.66. The maximum Gasteiger partial charge on any atom is 0.416 e. The maximum atomic E-state index is 12.7. The fourth-order valence-corrected chi connectivity index (χ4v) is 2.50. The number of halogens is 5. The normalized spacial score (nSPS) is 12.0. The topological polar surface area (TPSA) is 69.9 Å². The van der Waals surface area contributed by atoms with Gasteiger partial charge in [-0.15, -0.1) is 0 Å². The molecule has 21 heavy (non-hydrogen) atoms. The van der Waals surface area contributed by atoms with Crippen molar-refractivity contribution in [2.75, 3.05) is 5.73 Å². The first-order chi connectivity index (χ1) is 9.66. The summed E-state index contributed by atoms with van der Waals surface area (Å²) in [7, 11) is 0. The van der Waals surface area contributed by atoms with Gasteiger partial charge in [-0.25, -0.2) is 4.68 Å². The Morgan fingerprint density at radius 1 is 1.24 bits per heavy atom. The highest BCUT2D eigenvalue weighted by Gasteiger charge is 2.32. The predicted molar refractivity (Wildman–Crippen MR) is 75.6 cm³/mol. The van der Waals surface area contributed by atoms with Gasteiger partial charge in [0.25, 0.3) is 0 Å². The summed E-state index contributed by atoms with van der Waals surface area (Å²) >= 11 is 11.8. The molecule has 0 aliphatic heterocycles. The van der Waals surface area contributed by atoms with Crippen LogP contribution in [0.2, 0.25) is 10.0 Å². The average molecular weight is 339 g/mol. The van der Waals surface area contributed by atoms with E-state index in [4.69, 9.17) is 34.7 Å². The van der Waals surface area contributed by atoms with Gasteiger partial charge in [-0.1, -0.05) is 23.2 Å². The van der Waals surface area contributed by atoms with Crippen molar-refractivity contribution in [2.24, 2.45) is 5.73 Å². The Labute approximate surface area is 128 Å². The smallest absolute Gasteiger partial charge is 0.383 e. The molecule has 9 heteroatoms. The van der Waals surface area contributed by atoms with Gasteiger partial charge >= 0.3 is 6.18 Å². The second-order valence-electron chi connectivity index (χ2n) is 4.36. The molecule has 1 heterocycles. The van der Waals surface area contributed by atoms with E-state index in [-0.39, 0.29) is 28.1 Å². The fraction of sp³-hybridized carbons (Fsp3) is 0.250. The van der Waals surface area contributed by atoms with Crippen molar-refractivity contribution >= 4 is 29.0 Å². The summed E-state index contributed by atoms with van der Waals surface area (Å²) in [4.78, 5) is 0. The van der Waals surface area contributed by atoms with E-state index in [9.17, 15) is 13.2 Å². The Kier molecular flexibility index (Phi) is 4.10. The van der Waals surface area contributed by atoms with E-state index in [1.165, 1.54) is 4.68 Å². The lowest BCUT2D eigenvalue weighted by molar-refractivity contribution is -0.137. The summed E-state index contributed by atoms with van der Waals surface area (Å²) in [5, 5.41) is 3.73. The van der Waals surface area contributed by atoms with Gasteiger partial charge in [-0.2, -0.15) is 18.3 Å². The van der Waals surface area contributed by atoms with Gasteiger partial charge in [0, 0.05) is 12.1 Å². The van der Waals surface area contributed by atoms with Crippen LogP contribution in [0.25, 0.3) is 5.69 Å². The lowest BCUT2D eigenvalue weighted by atomic mass is 10.2. The average Bonchev–Trinajstić information content (AvgIpc) is 2.65. The summed E-state index contributed by atoms with van der Waals surface area (Å²) in [5.74, 6) is 0.221. The molecular formula is C12H11Cl2F3N4. The first-order valence-electron chi connectivity index (χ1n) is 5.77. The van der Waals surface area contributed by atoms with Gasteiger partial charge in [0.05, 0.1) is 21.3 Å². The van der Waals surface area contributed by atoms with E-state index in [1.807, 2.05) is 0 Å². The molecule has 0 amide bonds. The van der Waals surface area contributed by atoms with Crippen LogP contribution in [0.15, 0.2) is 12.1 Å². The molecule has 0 saturated carbocycles. The highest BCUT2D eigenvalue weighted by molar-refractivity contribution is 6.37. The second kappa shape index (κ2) is 5.40. The van der Waals surface area contributed by atoms with Gasteiger partial charge < -0.3 is 11.5 Å². The third-order valence-electron chi connectivity index (χ3n) is 3.02. The molecule has 2 rings (SSSR count). The number of anilines is 1. The summed E-state index contributed by atoms with van der Waals surface area (Å²) in [6, 6.07) is 1.56. The van der Waals surface area contributed by atoms with E-state index < -0.39 is 11.7 Å². The molecule has 1 aromatic heterocycles. The molecule has 0 spiro atoms. The molecule has 0 unspecified atom stereocenters. The SMILES string of the molecule is Cc1c(CN)nn(-c2c(Cl)cc(C(F)(F)F)cc2Cl)c1N. The third-order valence-corrected chi connectivity index (χ3v) is 3.59. The van der Waals surface area contributed by atoms with Crippen molar-refractivity contribution in [3.63, 3.8) is 0 Å². The lowest BCUT2D eigenvalue weighted by Crippen LogP contribution is -2.09. The van der Waals surface area contributed by atoms with E-state index in [2.05, 4.69) is 5.10 Å². The van der Waals surface area contributed by atoms with E-state index in [1.54, 1.807) is 6.92 Å². The molecule has 114 valence electrons. The minimum atomic E-state index is -4.54. The lowest BCUT2D eigenvalue weighted by Gasteiger charge is -2.13. The van der Waals surface area contributed by atoms with Crippen LogP contribution >= 0.6 is 23.2 Å². The van der Waals surface area contributed by atoms with Gasteiger partial charge in [0.2, 0.25) is 0 Å². The molecule has 2 aromatic rings. The zero-order chi connectivity index (χ0) is 15.9. The quantitative estimate of drug-likeness (QED) is 0.879. The van der Waals surface area contributed by atoms with Crippen LogP contribution in [0.5, 0.6) is 0 Å². The number of aromatic nitrogens is 2.